The Balaban J connectivity index is 2.05. The highest BCUT2D eigenvalue weighted by molar-refractivity contribution is 5.84. The highest BCUT2D eigenvalue weighted by Gasteiger charge is 2.46. The number of nitrogens with zero attached hydrogens (tertiary/aromatic N) is 2. The molecule has 2 rings (SSSR count). The van der Waals surface area contributed by atoms with Crippen molar-refractivity contribution in [3.8, 4) is 0 Å². The topological polar surface area (TPSA) is 56.7 Å². The summed E-state index contributed by atoms with van der Waals surface area (Å²) in [5.41, 5.74) is 0.147. The number of guanidine groups is 1. The lowest BCUT2D eigenvalue weighted by atomic mass is 9.95. The Bertz CT molecular complexity index is 669. The molecular formula is C18H24F2N4O. The van der Waals surface area contributed by atoms with Gasteiger partial charge in [0.2, 0.25) is 5.91 Å². The summed E-state index contributed by atoms with van der Waals surface area (Å²) in [4.78, 5) is 17.4. The van der Waals surface area contributed by atoms with Crippen LogP contribution in [-0.2, 0) is 10.2 Å². The van der Waals surface area contributed by atoms with Gasteiger partial charge >= 0.3 is 0 Å². The average Bonchev–Trinajstić information content (AvgIpc) is 3.34. The molecule has 0 radical (unpaired) electrons. The lowest BCUT2D eigenvalue weighted by Crippen LogP contribution is -2.42. The number of likely N-dealkylation sites (N-methyl/N-ethyl adjacent to an activating group) is 1. The Kier molecular flexibility index (Phi) is 6.12. The molecular weight excluding hydrogens is 326 g/mol. The maximum absolute atomic E-state index is 14.1. The van der Waals surface area contributed by atoms with Gasteiger partial charge in [-0.2, -0.15) is 0 Å². The minimum absolute atomic E-state index is 0.0113. The molecule has 0 unspecified atom stereocenters. The normalized spacial score (nSPS) is 15.4. The summed E-state index contributed by atoms with van der Waals surface area (Å²) in [6, 6.07) is 3.69. The van der Waals surface area contributed by atoms with E-state index in [4.69, 9.17) is 0 Å². The number of hydrogen-bond acceptors (Lipinski definition) is 2. The van der Waals surface area contributed by atoms with Crippen LogP contribution in [0.25, 0.3) is 0 Å². The fraction of sp³-hybridized carbons (Fsp3) is 0.444. The molecule has 0 atom stereocenters. The van der Waals surface area contributed by atoms with Gasteiger partial charge in [0.15, 0.2) is 5.96 Å². The van der Waals surface area contributed by atoms with Crippen LogP contribution < -0.4 is 10.6 Å². The van der Waals surface area contributed by atoms with Gasteiger partial charge in [-0.05, 0) is 24.5 Å². The van der Waals surface area contributed by atoms with E-state index in [0.29, 0.717) is 24.6 Å². The molecule has 136 valence electrons. The number of halogens is 2. The second-order valence-corrected chi connectivity index (χ2v) is 6.38. The van der Waals surface area contributed by atoms with Crippen LogP contribution in [0.5, 0.6) is 0 Å². The first-order valence-corrected chi connectivity index (χ1v) is 8.17. The van der Waals surface area contributed by atoms with E-state index in [1.54, 1.807) is 20.2 Å². The predicted molar refractivity (Wildman–Crippen MR) is 94.5 cm³/mol. The molecule has 7 heteroatoms. The minimum Gasteiger partial charge on any atom is -0.355 e. The van der Waals surface area contributed by atoms with Crippen molar-refractivity contribution in [2.45, 2.75) is 18.3 Å². The van der Waals surface area contributed by atoms with Gasteiger partial charge in [0.05, 0.1) is 0 Å². The number of hydrogen-bond donors (Lipinski definition) is 2. The Morgan fingerprint density at radius 1 is 1.36 bits per heavy atom. The quantitative estimate of drug-likeness (QED) is 0.448. The first-order valence-electron chi connectivity index (χ1n) is 8.17. The van der Waals surface area contributed by atoms with Crippen LogP contribution in [0.4, 0.5) is 8.78 Å². The van der Waals surface area contributed by atoms with Crippen molar-refractivity contribution in [3.63, 3.8) is 0 Å². The van der Waals surface area contributed by atoms with Crippen molar-refractivity contribution in [1.29, 1.82) is 0 Å². The Hall–Kier alpha value is -2.44. The Labute approximate surface area is 146 Å². The predicted octanol–water partition coefficient (Wildman–Crippen LogP) is 1.81. The summed E-state index contributed by atoms with van der Waals surface area (Å²) in [6.07, 6.45) is 3.30. The van der Waals surface area contributed by atoms with E-state index in [2.05, 4.69) is 22.2 Å². The largest absolute Gasteiger partial charge is 0.355 e. The second-order valence-electron chi connectivity index (χ2n) is 6.38. The van der Waals surface area contributed by atoms with E-state index >= 15 is 0 Å². The molecule has 0 aliphatic heterocycles. The third-order valence-electron chi connectivity index (χ3n) is 4.24. The number of nitrogens with one attached hydrogen (secondary N) is 2. The Morgan fingerprint density at radius 2 is 2.08 bits per heavy atom. The third kappa shape index (κ3) is 5.01. The standard InChI is InChI=1S/C18H24F2N4O/c1-4-9-21-17(22-11-16(25)24(2)3)23-12-18(7-8-18)14-6-5-13(19)10-15(14)20/h4-6,10H,1,7-9,11-12H2,2-3H3,(H2,21,22,23). The maximum atomic E-state index is 14.1. The lowest BCUT2D eigenvalue weighted by molar-refractivity contribution is -0.127. The molecule has 1 aromatic carbocycles. The zero-order valence-electron chi connectivity index (χ0n) is 14.6. The molecule has 0 aromatic heterocycles. The number of aliphatic imine (C=N–C) groups is 1. The molecule has 1 aliphatic carbocycles. The van der Waals surface area contributed by atoms with Gasteiger partial charge in [0.1, 0.15) is 18.2 Å². The van der Waals surface area contributed by atoms with Gasteiger partial charge in [-0.25, -0.2) is 13.8 Å². The summed E-state index contributed by atoms with van der Waals surface area (Å²) in [5.74, 6) is -0.768. The van der Waals surface area contributed by atoms with Crippen molar-refractivity contribution in [2.75, 3.05) is 33.7 Å². The molecule has 0 saturated heterocycles. The summed E-state index contributed by atoms with van der Waals surface area (Å²) in [6.45, 7) is 4.59. The van der Waals surface area contributed by atoms with E-state index in [1.165, 1.54) is 17.0 Å². The van der Waals surface area contributed by atoms with Gasteiger partial charge in [0.25, 0.3) is 0 Å². The lowest BCUT2D eigenvalue weighted by Gasteiger charge is -2.20. The third-order valence-corrected chi connectivity index (χ3v) is 4.24. The van der Waals surface area contributed by atoms with E-state index < -0.39 is 11.6 Å². The number of carbonyl (C=O) groups excluding carboxylic acids is 1. The SMILES string of the molecule is C=CCNC(=NCC(=O)N(C)C)NCC1(c2ccc(F)cc2F)CC1. The molecule has 0 heterocycles. The zero-order chi connectivity index (χ0) is 18.4. The monoisotopic (exact) mass is 350 g/mol. The maximum Gasteiger partial charge on any atom is 0.243 e. The fourth-order valence-corrected chi connectivity index (χ4v) is 2.50. The van der Waals surface area contributed by atoms with Crippen molar-refractivity contribution < 1.29 is 13.6 Å². The van der Waals surface area contributed by atoms with Gasteiger partial charge in [0, 0.05) is 38.7 Å². The van der Waals surface area contributed by atoms with E-state index in [9.17, 15) is 13.6 Å². The molecule has 1 saturated carbocycles. The number of benzene rings is 1. The number of carbonyl (C=O) groups is 1. The van der Waals surface area contributed by atoms with Crippen LogP contribution in [-0.4, -0.2) is 50.5 Å². The Morgan fingerprint density at radius 3 is 2.64 bits per heavy atom. The van der Waals surface area contributed by atoms with Gasteiger partial charge < -0.3 is 15.5 Å². The van der Waals surface area contributed by atoms with E-state index in [-0.39, 0.29) is 17.9 Å². The van der Waals surface area contributed by atoms with Crippen LogP contribution in [0, 0.1) is 11.6 Å². The molecule has 0 spiro atoms. The highest BCUT2D eigenvalue weighted by Crippen LogP contribution is 2.48. The van der Waals surface area contributed by atoms with Crippen molar-refractivity contribution in [1.82, 2.24) is 15.5 Å². The molecule has 0 bridgehead atoms. The van der Waals surface area contributed by atoms with Crippen molar-refractivity contribution in [2.24, 2.45) is 4.99 Å². The molecule has 5 nitrogen and oxygen atoms in total. The first-order chi connectivity index (χ1) is 11.9. The summed E-state index contributed by atoms with van der Waals surface area (Å²) >= 11 is 0. The number of rotatable bonds is 7. The molecule has 1 aromatic rings. The van der Waals surface area contributed by atoms with Gasteiger partial charge in [-0.3, -0.25) is 4.79 Å². The number of amides is 1. The van der Waals surface area contributed by atoms with Crippen LogP contribution in [0.15, 0.2) is 35.8 Å². The molecule has 2 N–H and O–H groups in total. The van der Waals surface area contributed by atoms with Crippen LogP contribution in [0.2, 0.25) is 0 Å². The summed E-state index contributed by atoms with van der Waals surface area (Å²) in [7, 11) is 3.33. The molecule has 1 amide bonds. The fourth-order valence-electron chi connectivity index (χ4n) is 2.50. The summed E-state index contributed by atoms with van der Waals surface area (Å²) in [5, 5.41) is 6.19. The average molecular weight is 350 g/mol. The van der Waals surface area contributed by atoms with Gasteiger partial charge in [-0.1, -0.05) is 12.1 Å². The minimum atomic E-state index is -0.581. The molecule has 1 fully saturated rings. The van der Waals surface area contributed by atoms with Gasteiger partial charge in [-0.15, -0.1) is 6.58 Å². The molecule has 25 heavy (non-hydrogen) atoms. The van der Waals surface area contributed by atoms with E-state index in [0.717, 1.165) is 18.9 Å². The van der Waals surface area contributed by atoms with Crippen LogP contribution in [0.3, 0.4) is 0 Å². The van der Waals surface area contributed by atoms with Crippen molar-refractivity contribution >= 4 is 11.9 Å². The van der Waals surface area contributed by atoms with Crippen molar-refractivity contribution in [3.05, 3.63) is 48.1 Å². The van der Waals surface area contributed by atoms with Crippen LogP contribution in [0.1, 0.15) is 18.4 Å². The summed E-state index contributed by atoms with van der Waals surface area (Å²) < 4.78 is 27.2. The highest BCUT2D eigenvalue weighted by atomic mass is 19.1. The van der Waals surface area contributed by atoms with E-state index in [1.807, 2.05) is 0 Å². The smallest absolute Gasteiger partial charge is 0.243 e. The second kappa shape index (κ2) is 8.09. The first kappa shape index (κ1) is 18.9. The zero-order valence-corrected chi connectivity index (χ0v) is 14.6. The van der Waals surface area contributed by atoms with Crippen LogP contribution >= 0.6 is 0 Å². The molecule has 1 aliphatic rings.